The van der Waals surface area contributed by atoms with Crippen LogP contribution in [0.4, 0.5) is 0 Å². The van der Waals surface area contributed by atoms with Crippen molar-refractivity contribution in [1.29, 1.82) is 0 Å². The maximum absolute atomic E-state index is 11.9. The van der Waals surface area contributed by atoms with Crippen LogP contribution in [0, 0.1) is 0 Å². The van der Waals surface area contributed by atoms with Gasteiger partial charge in [0.05, 0.1) is 5.02 Å². The highest BCUT2D eigenvalue weighted by Crippen LogP contribution is 2.24. The minimum Gasteiger partial charge on any atom is -0.479 e. The van der Waals surface area contributed by atoms with Crippen molar-refractivity contribution in [3.05, 3.63) is 29.3 Å². The summed E-state index contributed by atoms with van der Waals surface area (Å²) in [4.78, 5) is 11.9. The number of hydrogen-bond donors (Lipinski definition) is 2. The van der Waals surface area contributed by atoms with Gasteiger partial charge in [0.2, 0.25) is 0 Å². The molecular weight excluding hydrogens is 299 g/mol. The Hall–Kier alpha value is -0.970. The van der Waals surface area contributed by atoms with Crippen LogP contribution in [0.25, 0.3) is 0 Å². The summed E-state index contributed by atoms with van der Waals surface area (Å²) in [6.45, 7) is 6.17. The number of likely N-dealkylation sites (N-methyl/N-ethyl adjacent to an activating group) is 1. The first-order chi connectivity index (χ1) is 9.19. The molecule has 1 aromatic carbocycles. The van der Waals surface area contributed by atoms with Crippen LogP contribution in [0.5, 0.6) is 5.75 Å². The molecule has 1 rings (SSSR count). The van der Waals surface area contributed by atoms with Crippen molar-refractivity contribution in [1.82, 2.24) is 10.6 Å². The number of rotatable bonds is 8. The predicted molar refractivity (Wildman–Crippen MR) is 85.0 cm³/mol. The highest BCUT2D eigenvalue weighted by atomic mass is 35.5. The molecular formula is C14H22Cl2N2O2. The molecule has 0 fully saturated rings. The molecule has 0 heterocycles. The fraction of sp³-hybridized carbons (Fsp3) is 0.500. The number of para-hydroxylation sites is 1. The molecule has 1 atom stereocenters. The van der Waals surface area contributed by atoms with Crippen LogP contribution in [0.15, 0.2) is 24.3 Å². The average Bonchev–Trinajstić information content (AvgIpc) is 2.42. The third kappa shape index (κ3) is 6.46. The molecule has 20 heavy (non-hydrogen) atoms. The molecule has 1 amide bonds. The summed E-state index contributed by atoms with van der Waals surface area (Å²) in [6.07, 6.45) is 0.0830. The molecule has 0 saturated heterocycles. The smallest absolute Gasteiger partial charge is 0.261 e. The Morgan fingerprint density at radius 3 is 2.60 bits per heavy atom. The van der Waals surface area contributed by atoms with Crippen LogP contribution in [-0.4, -0.2) is 31.6 Å². The first kappa shape index (κ1) is 19.0. The van der Waals surface area contributed by atoms with Gasteiger partial charge < -0.3 is 15.4 Å². The predicted octanol–water partition coefficient (Wildman–Crippen LogP) is 2.64. The molecule has 0 aliphatic carbocycles. The SMILES string of the molecule is CCNCCNC(=O)C(CC)Oc1ccccc1Cl.Cl. The lowest BCUT2D eigenvalue weighted by molar-refractivity contribution is -0.128. The molecule has 0 radical (unpaired) electrons. The van der Waals surface area contributed by atoms with Gasteiger partial charge in [-0.15, -0.1) is 12.4 Å². The minimum atomic E-state index is -0.512. The van der Waals surface area contributed by atoms with Crippen molar-refractivity contribution < 1.29 is 9.53 Å². The first-order valence-electron chi connectivity index (χ1n) is 6.58. The van der Waals surface area contributed by atoms with E-state index in [1.54, 1.807) is 12.1 Å². The van der Waals surface area contributed by atoms with Crippen molar-refractivity contribution in [2.24, 2.45) is 0 Å². The zero-order chi connectivity index (χ0) is 14.1. The summed E-state index contributed by atoms with van der Waals surface area (Å²) in [5.74, 6) is 0.429. The van der Waals surface area contributed by atoms with E-state index in [2.05, 4.69) is 10.6 Å². The van der Waals surface area contributed by atoms with E-state index in [1.165, 1.54) is 0 Å². The van der Waals surface area contributed by atoms with Crippen LogP contribution in [-0.2, 0) is 4.79 Å². The lowest BCUT2D eigenvalue weighted by Crippen LogP contribution is -2.41. The molecule has 0 aliphatic rings. The highest BCUT2D eigenvalue weighted by Gasteiger charge is 2.18. The van der Waals surface area contributed by atoms with Crippen molar-refractivity contribution in [2.75, 3.05) is 19.6 Å². The molecule has 0 aromatic heterocycles. The summed E-state index contributed by atoms with van der Waals surface area (Å²) < 4.78 is 5.65. The van der Waals surface area contributed by atoms with E-state index in [9.17, 15) is 4.79 Å². The zero-order valence-corrected chi connectivity index (χ0v) is 13.4. The Morgan fingerprint density at radius 2 is 2.00 bits per heavy atom. The Labute approximate surface area is 131 Å². The van der Waals surface area contributed by atoms with Gasteiger partial charge in [0.1, 0.15) is 5.75 Å². The van der Waals surface area contributed by atoms with E-state index in [4.69, 9.17) is 16.3 Å². The van der Waals surface area contributed by atoms with Crippen LogP contribution >= 0.6 is 24.0 Å². The number of carbonyl (C=O) groups excluding carboxylic acids is 1. The number of benzene rings is 1. The lowest BCUT2D eigenvalue weighted by atomic mass is 10.2. The average molecular weight is 321 g/mol. The van der Waals surface area contributed by atoms with Gasteiger partial charge in [-0.05, 0) is 25.1 Å². The fourth-order valence-corrected chi connectivity index (χ4v) is 1.76. The van der Waals surface area contributed by atoms with Gasteiger partial charge in [-0.3, -0.25) is 4.79 Å². The molecule has 0 bridgehead atoms. The van der Waals surface area contributed by atoms with E-state index in [0.717, 1.165) is 13.1 Å². The summed E-state index contributed by atoms with van der Waals surface area (Å²) in [7, 11) is 0. The van der Waals surface area contributed by atoms with Crippen LogP contribution in [0.2, 0.25) is 5.02 Å². The highest BCUT2D eigenvalue weighted by molar-refractivity contribution is 6.32. The molecule has 6 heteroatoms. The Bertz CT molecular complexity index is 403. The normalized spacial score (nSPS) is 11.3. The molecule has 114 valence electrons. The summed E-state index contributed by atoms with van der Waals surface area (Å²) >= 11 is 6.01. The molecule has 0 saturated carbocycles. The molecule has 1 aromatic rings. The molecule has 0 spiro atoms. The Morgan fingerprint density at radius 1 is 1.30 bits per heavy atom. The van der Waals surface area contributed by atoms with E-state index in [0.29, 0.717) is 23.7 Å². The maximum atomic E-state index is 11.9. The summed E-state index contributed by atoms with van der Waals surface area (Å²) in [5.41, 5.74) is 0. The van der Waals surface area contributed by atoms with Crippen LogP contribution in [0.1, 0.15) is 20.3 Å². The Kier molecular flexibility index (Phi) is 10.3. The standard InChI is InChI=1S/C14H21ClN2O2.ClH/c1-3-12(14(18)17-10-9-16-4-2)19-13-8-6-5-7-11(13)15;/h5-8,12,16H,3-4,9-10H2,1-2H3,(H,17,18);1H. The second-order valence-electron chi connectivity index (χ2n) is 4.09. The van der Waals surface area contributed by atoms with E-state index < -0.39 is 6.10 Å². The van der Waals surface area contributed by atoms with Crippen molar-refractivity contribution in [3.8, 4) is 5.75 Å². The van der Waals surface area contributed by atoms with Crippen molar-refractivity contribution in [3.63, 3.8) is 0 Å². The van der Waals surface area contributed by atoms with Gasteiger partial charge in [-0.2, -0.15) is 0 Å². The lowest BCUT2D eigenvalue weighted by Gasteiger charge is -2.18. The van der Waals surface area contributed by atoms with E-state index >= 15 is 0 Å². The second kappa shape index (κ2) is 10.8. The van der Waals surface area contributed by atoms with Gasteiger partial charge in [0.25, 0.3) is 5.91 Å². The molecule has 2 N–H and O–H groups in total. The summed E-state index contributed by atoms with van der Waals surface area (Å²) in [6, 6.07) is 7.16. The van der Waals surface area contributed by atoms with Gasteiger partial charge in [-0.25, -0.2) is 0 Å². The number of nitrogens with one attached hydrogen (secondary N) is 2. The number of ether oxygens (including phenoxy) is 1. The van der Waals surface area contributed by atoms with Gasteiger partial charge in [0, 0.05) is 13.1 Å². The zero-order valence-electron chi connectivity index (χ0n) is 11.8. The Balaban J connectivity index is 0.00000361. The first-order valence-corrected chi connectivity index (χ1v) is 6.96. The fourth-order valence-electron chi connectivity index (χ4n) is 1.58. The largest absolute Gasteiger partial charge is 0.479 e. The summed E-state index contributed by atoms with van der Waals surface area (Å²) in [5, 5.41) is 6.50. The van der Waals surface area contributed by atoms with Crippen LogP contribution in [0.3, 0.4) is 0 Å². The van der Waals surface area contributed by atoms with E-state index in [-0.39, 0.29) is 18.3 Å². The van der Waals surface area contributed by atoms with Gasteiger partial charge >= 0.3 is 0 Å². The third-order valence-electron chi connectivity index (χ3n) is 2.62. The van der Waals surface area contributed by atoms with E-state index in [1.807, 2.05) is 26.0 Å². The number of amides is 1. The maximum Gasteiger partial charge on any atom is 0.261 e. The molecule has 0 aliphatic heterocycles. The monoisotopic (exact) mass is 320 g/mol. The third-order valence-corrected chi connectivity index (χ3v) is 2.93. The second-order valence-corrected chi connectivity index (χ2v) is 4.50. The number of hydrogen-bond acceptors (Lipinski definition) is 3. The van der Waals surface area contributed by atoms with Gasteiger partial charge in [-0.1, -0.05) is 37.6 Å². The van der Waals surface area contributed by atoms with Crippen molar-refractivity contribution in [2.45, 2.75) is 26.4 Å². The van der Waals surface area contributed by atoms with Crippen LogP contribution < -0.4 is 15.4 Å². The molecule has 4 nitrogen and oxygen atoms in total. The minimum absolute atomic E-state index is 0. The number of halogens is 2. The topological polar surface area (TPSA) is 50.4 Å². The quantitative estimate of drug-likeness (QED) is 0.724. The molecule has 1 unspecified atom stereocenters. The number of carbonyl (C=O) groups is 1. The van der Waals surface area contributed by atoms with Gasteiger partial charge in [0.15, 0.2) is 6.10 Å². The van der Waals surface area contributed by atoms with Crippen molar-refractivity contribution >= 4 is 29.9 Å².